The quantitative estimate of drug-likeness (QED) is 0.0407. The number of benzene rings is 1. The largest absolute Gasteiger partial charge is 0.297 e. The van der Waals surface area contributed by atoms with E-state index >= 15 is 0 Å². The number of hydrogen-bond acceptors (Lipinski definition) is 3. The van der Waals surface area contributed by atoms with Gasteiger partial charge in [-0.2, -0.15) is 0 Å². The van der Waals surface area contributed by atoms with Crippen LogP contribution < -0.4 is 0 Å². The summed E-state index contributed by atoms with van der Waals surface area (Å²) >= 11 is 12.4. The highest BCUT2D eigenvalue weighted by molar-refractivity contribution is 9.11. The van der Waals surface area contributed by atoms with Crippen LogP contribution in [-0.4, -0.2) is 6.29 Å². The summed E-state index contributed by atoms with van der Waals surface area (Å²) in [6.45, 7) is 9.30. The minimum atomic E-state index is -0.0618. The lowest BCUT2D eigenvalue weighted by atomic mass is 9.68. The van der Waals surface area contributed by atoms with Crippen LogP contribution in [0.25, 0.3) is 20.9 Å². The van der Waals surface area contributed by atoms with Crippen molar-refractivity contribution in [3.05, 3.63) is 53.6 Å². The summed E-state index contributed by atoms with van der Waals surface area (Å²) in [4.78, 5) is 17.0. The Morgan fingerprint density at radius 2 is 0.558 bits per heavy atom. The minimum Gasteiger partial charge on any atom is -0.297 e. The lowest BCUT2D eigenvalue weighted by molar-refractivity contribution is 0.112. The Balaban J connectivity index is 1.33. The van der Waals surface area contributed by atoms with E-state index < -0.39 is 0 Å². The fraction of sp³-hybridized carbons (Fsp3) is 0.815. The highest BCUT2D eigenvalue weighted by atomic mass is 79.9. The monoisotopic (exact) mass is 1350 g/mol. The van der Waals surface area contributed by atoms with Gasteiger partial charge >= 0.3 is 0 Å². The molecule has 0 amide bonds. The Morgan fingerprint density at radius 1 is 0.326 bits per heavy atom. The maximum atomic E-state index is 13.1. The summed E-state index contributed by atoms with van der Waals surface area (Å²) in [6.07, 6.45) is 84.4. The summed E-state index contributed by atoms with van der Waals surface area (Å²) in [5, 5.41) is 2.46. The van der Waals surface area contributed by atoms with Crippen LogP contribution in [0.5, 0.6) is 0 Å². The summed E-state index contributed by atoms with van der Waals surface area (Å²) in [6, 6.07) is 5.59. The van der Waals surface area contributed by atoms with Gasteiger partial charge in [-0.1, -0.05) is 387 Å². The number of carbonyl (C=O) groups is 1. The Kier molecular flexibility index (Phi) is 42.4. The Bertz CT molecular complexity index is 2080. The zero-order valence-electron chi connectivity index (χ0n) is 57.2. The highest BCUT2D eigenvalue weighted by Gasteiger charge is 2.50. The van der Waals surface area contributed by atoms with Crippen molar-refractivity contribution < 1.29 is 4.79 Å². The second-order valence-corrected chi connectivity index (χ2v) is 32.0. The number of aldehydes is 1. The van der Waals surface area contributed by atoms with Gasteiger partial charge in [0.15, 0.2) is 6.29 Å². The van der Waals surface area contributed by atoms with Crippen molar-refractivity contribution in [2.45, 2.75) is 424 Å². The number of hydrogen-bond donors (Lipinski definition) is 0. The zero-order valence-corrected chi connectivity index (χ0v) is 62.0. The Labute approximate surface area is 559 Å². The third-order valence-corrected chi connectivity index (χ3v) is 25.4. The van der Waals surface area contributed by atoms with Gasteiger partial charge in [0.1, 0.15) is 0 Å². The fourth-order valence-electron chi connectivity index (χ4n) is 15.9. The first-order chi connectivity index (χ1) is 42.4. The van der Waals surface area contributed by atoms with Gasteiger partial charge in [0.2, 0.25) is 0 Å². The molecular formula is C81H136Br2OS2. The molecular weight excluding hydrogens is 1210 g/mol. The lowest BCUT2D eigenvalue weighted by Gasteiger charge is -2.35. The molecule has 0 aliphatic heterocycles. The molecule has 5 rings (SSSR count). The van der Waals surface area contributed by atoms with Crippen molar-refractivity contribution in [1.29, 1.82) is 0 Å². The molecule has 5 heteroatoms. The number of rotatable bonds is 61. The third-order valence-electron chi connectivity index (χ3n) is 21.2. The van der Waals surface area contributed by atoms with Gasteiger partial charge in [0.25, 0.3) is 0 Å². The summed E-state index contributed by atoms with van der Waals surface area (Å²) in [5.74, 6) is 0. The number of carbonyl (C=O) groups excluding carboxylic acids is 1. The number of fused-ring (bicyclic) bond motifs is 6. The minimum absolute atomic E-state index is 0.0312. The summed E-state index contributed by atoms with van der Waals surface area (Å²) in [5.41, 5.74) is 9.40. The number of halogens is 2. The molecule has 2 heterocycles. The molecule has 86 heavy (non-hydrogen) atoms. The SMILES string of the molecule is CCCCCCCCCCCCCCCCC1(CCCCCCCCCCCCCCCC)c2cc3c(cc2-c2scc(Br)c21)C(CCCCCCCCCCCCCCCC)(CCCCCCCCCCCCCCCC)c1c-3sc(C=O)c1Br. The fourth-order valence-corrected chi connectivity index (χ4v) is 20.1. The maximum Gasteiger partial charge on any atom is 0.161 e. The van der Waals surface area contributed by atoms with Gasteiger partial charge in [0, 0.05) is 34.9 Å². The standard InChI is InChI=1S/C81H136Br2OS2/c1-5-9-13-17-21-25-29-33-37-41-45-49-53-57-61-80(62-58-54-50-46-42-38-34-30-26-22-18-14-10-6-2)71-66-70-72(65-69(71)78-75(80)73(82)68-85-78)81(76-77(83)74(67-84)86-79(70)76,63-59-55-51-47-43-39-35-31-27-23-19-15-11-7-3)64-60-56-52-48-44-40-36-32-28-24-20-16-12-8-4/h65-68H,5-64H2,1-4H3. The van der Waals surface area contributed by atoms with Gasteiger partial charge < -0.3 is 0 Å². The molecule has 0 fully saturated rings. The molecule has 0 bridgehead atoms. The molecule has 2 aliphatic rings. The average Bonchev–Trinajstić information content (AvgIpc) is 1.54. The smallest absolute Gasteiger partial charge is 0.161 e. The third kappa shape index (κ3) is 26.3. The Hall–Kier alpha value is -0.750. The Morgan fingerprint density at radius 3 is 0.814 bits per heavy atom. The van der Waals surface area contributed by atoms with E-state index in [2.05, 4.69) is 77.1 Å². The van der Waals surface area contributed by atoms with Crippen molar-refractivity contribution >= 4 is 60.8 Å². The van der Waals surface area contributed by atoms with Gasteiger partial charge in [0.05, 0.1) is 4.88 Å². The molecule has 2 aliphatic carbocycles. The van der Waals surface area contributed by atoms with Crippen LogP contribution in [0, 0.1) is 0 Å². The van der Waals surface area contributed by atoms with Crippen LogP contribution in [0.4, 0.5) is 0 Å². The molecule has 0 N–H and O–H groups in total. The van der Waals surface area contributed by atoms with Crippen molar-refractivity contribution in [2.75, 3.05) is 0 Å². The number of thiophene rings is 2. The van der Waals surface area contributed by atoms with Crippen molar-refractivity contribution in [1.82, 2.24) is 0 Å². The van der Waals surface area contributed by atoms with Crippen LogP contribution in [0.3, 0.4) is 0 Å². The van der Waals surface area contributed by atoms with Crippen LogP contribution in [0.2, 0.25) is 0 Å². The summed E-state index contributed by atoms with van der Waals surface area (Å²) < 4.78 is 2.48. The van der Waals surface area contributed by atoms with Gasteiger partial charge in [-0.25, -0.2) is 0 Å². The predicted molar refractivity (Wildman–Crippen MR) is 395 cm³/mol. The van der Waals surface area contributed by atoms with Crippen LogP contribution in [0.1, 0.15) is 445 Å². The predicted octanol–water partition coefficient (Wildman–Crippen LogP) is 31.2. The van der Waals surface area contributed by atoms with E-state index in [1.807, 2.05) is 22.7 Å². The first kappa shape index (κ1) is 76.0. The number of unbranched alkanes of at least 4 members (excludes halogenated alkanes) is 52. The average molecular weight is 1350 g/mol. The first-order valence-electron chi connectivity index (χ1n) is 38.7. The molecule has 1 aromatic carbocycles. The molecule has 0 unspecified atom stereocenters. The van der Waals surface area contributed by atoms with Crippen molar-refractivity contribution in [3.8, 4) is 20.9 Å². The van der Waals surface area contributed by atoms with Gasteiger partial charge in [-0.3, -0.25) is 4.79 Å². The normalized spacial score (nSPS) is 13.7. The van der Waals surface area contributed by atoms with E-state index in [9.17, 15) is 4.79 Å². The summed E-state index contributed by atoms with van der Waals surface area (Å²) in [7, 11) is 0. The molecule has 0 radical (unpaired) electrons. The second-order valence-electron chi connectivity index (χ2n) is 28.4. The zero-order chi connectivity index (χ0) is 61.0. The van der Waals surface area contributed by atoms with Crippen molar-refractivity contribution in [2.24, 2.45) is 0 Å². The second kappa shape index (κ2) is 48.0. The van der Waals surface area contributed by atoms with E-state index in [0.717, 1.165) is 9.35 Å². The first-order valence-corrected chi connectivity index (χ1v) is 42.0. The maximum absolute atomic E-state index is 13.1. The van der Waals surface area contributed by atoms with Crippen LogP contribution in [0.15, 0.2) is 26.5 Å². The van der Waals surface area contributed by atoms with E-state index in [4.69, 9.17) is 0 Å². The molecule has 492 valence electrons. The molecule has 0 spiro atoms. The van der Waals surface area contributed by atoms with Crippen molar-refractivity contribution in [3.63, 3.8) is 0 Å². The molecule has 0 atom stereocenters. The van der Waals surface area contributed by atoms with Crippen LogP contribution in [-0.2, 0) is 10.8 Å². The molecule has 0 saturated heterocycles. The van der Waals surface area contributed by atoms with E-state index in [-0.39, 0.29) is 10.8 Å². The van der Waals surface area contributed by atoms with Crippen LogP contribution >= 0.6 is 54.5 Å². The van der Waals surface area contributed by atoms with E-state index in [0.29, 0.717) is 0 Å². The lowest BCUT2D eigenvalue weighted by Crippen LogP contribution is -2.27. The van der Waals surface area contributed by atoms with E-state index in [1.54, 1.807) is 27.1 Å². The van der Waals surface area contributed by atoms with Gasteiger partial charge in [-0.15, -0.1) is 22.7 Å². The highest BCUT2D eigenvalue weighted by Crippen LogP contribution is 2.65. The van der Waals surface area contributed by atoms with E-state index in [1.165, 1.54) is 412 Å². The molecule has 0 saturated carbocycles. The molecule has 2 aromatic heterocycles. The molecule has 1 nitrogen and oxygen atoms in total. The molecule has 3 aromatic rings. The topological polar surface area (TPSA) is 17.1 Å². The van der Waals surface area contributed by atoms with Gasteiger partial charge in [-0.05, 0) is 103 Å².